The first-order chi connectivity index (χ1) is 33.5. The van der Waals surface area contributed by atoms with Crippen LogP contribution in [-0.2, 0) is 45.6 Å². The van der Waals surface area contributed by atoms with E-state index in [1.165, 1.54) is 0 Å². The van der Waals surface area contributed by atoms with Gasteiger partial charge in [0.05, 0.1) is 19.8 Å². The summed E-state index contributed by atoms with van der Waals surface area (Å²) in [5.41, 5.74) is -9.48. The lowest BCUT2D eigenvalue weighted by Gasteiger charge is -2.54. The summed E-state index contributed by atoms with van der Waals surface area (Å²) in [5, 5.41) is 70.3. The van der Waals surface area contributed by atoms with Crippen LogP contribution in [0.15, 0.2) is 72.8 Å². The number of likely N-dealkylation sites (tertiary alicyclic amines) is 3. The molecule has 9 N–H and O–H groups in total. The summed E-state index contributed by atoms with van der Waals surface area (Å²) in [5.74, 6) is -8.72. The first-order valence-corrected chi connectivity index (χ1v) is 21.8. The van der Waals surface area contributed by atoms with Crippen molar-refractivity contribution in [3.8, 4) is 0 Å². The van der Waals surface area contributed by atoms with Gasteiger partial charge in [0.2, 0.25) is 17.7 Å². The second-order valence-corrected chi connectivity index (χ2v) is 18.2. The van der Waals surface area contributed by atoms with Crippen LogP contribution in [-0.4, -0.2) is 158 Å². The quantitative estimate of drug-likeness (QED) is 0.170. The van der Waals surface area contributed by atoms with E-state index in [9.17, 15) is 98.9 Å². The van der Waals surface area contributed by atoms with Gasteiger partial charge in [0, 0.05) is 73.0 Å². The molecule has 6 aliphatic rings. The molecule has 0 spiro atoms. The first kappa shape index (κ1) is 53.4. The molecule has 0 unspecified atom stereocenters. The van der Waals surface area contributed by atoms with Gasteiger partial charge in [-0.2, -0.15) is 39.5 Å². The van der Waals surface area contributed by atoms with Crippen molar-refractivity contribution in [3.05, 3.63) is 89.5 Å². The van der Waals surface area contributed by atoms with Crippen molar-refractivity contribution in [3.63, 3.8) is 0 Å². The maximum absolute atomic E-state index is 12.7. The number of rotatable bonds is 3. The number of aliphatic hydroxyl groups excluding tert-OH is 3. The lowest BCUT2D eigenvalue weighted by molar-refractivity contribution is -0.205. The second kappa shape index (κ2) is 18.3. The van der Waals surface area contributed by atoms with E-state index in [1.807, 2.05) is 0 Å². The fourth-order valence-electron chi connectivity index (χ4n) is 10.6. The Labute approximate surface area is 401 Å². The molecule has 0 radical (unpaired) electrons. The predicted molar refractivity (Wildman–Crippen MR) is 227 cm³/mol. The third-order valence-corrected chi connectivity index (χ3v) is 14.6. The second-order valence-electron chi connectivity index (χ2n) is 18.2. The Bertz CT molecular complexity index is 2410. The number of nitrogens with zero attached hydrogens (tertiary/aromatic N) is 3. The van der Waals surface area contributed by atoms with Crippen LogP contribution in [0.4, 0.5) is 56.6 Å². The summed E-state index contributed by atoms with van der Waals surface area (Å²) in [6.07, 6.45) is -16.1. The minimum Gasteiger partial charge on any atom is -0.395 e. The minimum absolute atomic E-state index is 0.292. The van der Waals surface area contributed by atoms with E-state index in [0.717, 1.165) is 0 Å². The van der Waals surface area contributed by atoms with Crippen molar-refractivity contribution in [1.82, 2.24) is 14.7 Å². The van der Waals surface area contributed by atoms with Gasteiger partial charge in [-0.05, 0) is 37.5 Å². The number of amides is 6. The molecule has 390 valence electrons. The van der Waals surface area contributed by atoms with Crippen molar-refractivity contribution in [1.29, 1.82) is 0 Å². The van der Waals surface area contributed by atoms with Crippen LogP contribution in [0, 0.1) is 16.2 Å². The molecule has 6 aliphatic heterocycles. The van der Waals surface area contributed by atoms with E-state index in [2.05, 4.69) is 16.0 Å². The van der Waals surface area contributed by atoms with Crippen molar-refractivity contribution < 1.29 is 98.9 Å². The van der Waals surface area contributed by atoms with Crippen LogP contribution < -0.4 is 16.0 Å². The van der Waals surface area contributed by atoms with E-state index in [-0.39, 0.29) is 38.9 Å². The van der Waals surface area contributed by atoms with Crippen LogP contribution in [0.25, 0.3) is 0 Å². The minimum atomic E-state index is -5.09. The van der Waals surface area contributed by atoms with Gasteiger partial charge in [-0.3, -0.25) is 28.8 Å². The molecular formula is C45H45F9N6O12. The highest BCUT2D eigenvalue weighted by Gasteiger charge is 2.67. The molecule has 3 aromatic rings. The van der Waals surface area contributed by atoms with Gasteiger partial charge < -0.3 is 61.3 Å². The Morgan fingerprint density at radius 1 is 0.444 bits per heavy atom. The molecule has 3 saturated heterocycles. The fourth-order valence-corrected chi connectivity index (χ4v) is 10.6. The topological polar surface area (TPSA) is 270 Å². The number of carbonyl (C=O) groups is 6. The monoisotopic (exact) mass is 1030 g/mol. The Morgan fingerprint density at radius 2 is 0.667 bits per heavy atom. The number of hydrogen-bond acceptors (Lipinski definition) is 12. The zero-order valence-electron chi connectivity index (χ0n) is 37.3. The average molecular weight is 1030 g/mol. The van der Waals surface area contributed by atoms with Gasteiger partial charge in [0.1, 0.15) is 33.0 Å². The molecule has 3 aromatic carbocycles. The fraction of sp³-hybridized carbons (Fsp3) is 0.467. The number of fused-ring (bicyclic) bond motifs is 9. The molecular weight excluding hydrogens is 988 g/mol. The van der Waals surface area contributed by atoms with Gasteiger partial charge in [-0.1, -0.05) is 54.6 Å². The molecule has 6 amide bonds. The molecule has 0 bridgehead atoms. The zero-order valence-corrected chi connectivity index (χ0v) is 37.3. The van der Waals surface area contributed by atoms with E-state index in [1.54, 1.807) is 72.8 Å². The van der Waals surface area contributed by atoms with Gasteiger partial charge in [-0.25, -0.2) is 0 Å². The Morgan fingerprint density at radius 3 is 0.875 bits per heavy atom. The van der Waals surface area contributed by atoms with Crippen molar-refractivity contribution >= 4 is 52.5 Å². The summed E-state index contributed by atoms with van der Waals surface area (Å²) in [4.78, 5) is 73.5. The lowest BCUT2D eigenvalue weighted by atomic mass is 9.61. The van der Waals surface area contributed by atoms with E-state index < -0.39 is 126 Å². The molecule has 0 aromatic heterocycles. The number of halogens is 9. The van der Waals surface area contributed by atoms with E-state index in [4.69, 9.17) is 0 Å². The van der Waals surface area contributed by atoms with E-state index >= 15 is 0 Å². The van der Waals surface area contributed by atoms with Crippen molar-refractivity contribution in [2.45, 2.75) is 54.6 Å². The molecule has 27 heteroatoms. The van der Waals surface area contributed by atoms with Crippen molar-refractivity contribution in [2.24, 2.45) is 16.2 Å². The maximum atomic E-state index is 12.7. The number of anilines is 3. The van der Waals surface area contributed by atoms with Crippen LogP contribution in [0.3, 0.4) is 0 Å². The number of hydrogen-bond donors (Lipinski definition) is 9. The highest BCUT2D eigenvalue weighted by atomic mass is 19.4. The largest absolute Gasteiger partial charge is 0.471 e. The number of para-hydroxylation sites is 3. The normalized spacial score (nSPS) is 29.5. The van der Waals surface area contributed by atoms with Gasteiger partial charge in [-0.15, -0.1) is 0 Å². The highest BCUT2D eigenvalue weighted by Crippen LogP contribution is 2.55. The number of aliphatic hydroxyl groups is 6. The molecule has 72 heavy (non-hydrogen) atoms. The summed E-state index contributed by atoms with van der Waals surface area (Å²) in [6, 6.07) is 19.0. The molecule has 6 atom stereocenters. The summed E-state index contributed by atoms with van der Waals surface area (Å²) in [7, 11) is 0. The summed E-state index contributed by atoms with van der Waals surface area (Å²) in [6.45, 7) is -5.99. The molecule has 9 rings (SSSR count). The molecule has 18 nitrogen and oxygen atoms in total. The van der Waals surface area contributed by atoms with Crippen LogP contribution in [0.2, 0.25) is 0 Å². The molecule has 0 saturated carbocycles. The van der Waals surface area contributed by atoms with Crippen LogP contribution in [0.1, 0.15) is 36.0 Å². The van der Waals surface area contributed by atoms with Crippen LogP contribution >= 0.6 is 0 Å². The zero-order chi connectivity index (χ0) is 53.3. The molecule has 3 fully saturated rings. The smallest absolute Gasteiger partial charge is 0.395 e. The predicted octanol–water partition coefficient (Wildman–Crippen LogP) is 1.80. The van der Waals surface area contributed by atoms with Gasteiger partial charge >= 0.3 is 36.3 Å². The number of piperidine rings is 3. The average Bonchev–Trinajstić information content (AvgIpc) is 3.33. The third-order valence-electron chi connectivity index (χ3n) is 14.6. The van der Waals surface area contributed by atoms with Gasteiger partial charge in [0.25, 0.3) is 0 Å². The highest BCUT2D eigenvalue weighted by molar-refractivity contribution is 6.03. The van der Waals surface area contributed by atoms with Crippen LogP contribution in [0.5, 0.6) is 0 Å². The third kappa shape index (κ3) is 8.27. The Balaban J connectivity index is 0.000000158. The summed E-state index contributed by atoms with van der Waals surface area (Å²) < 4.78 is 114. The first-order valence-electron chi connectivity index (χ1n) is 21.8. The maximum Gasteiger partial charge on any atom is 0.471 e. The Hall–Kier alpha value is -6.39. The lowest BCUT2D eigenvalue weighted by Crippen LogP contribution is -2.68. The molecule has 0 aliphatic carbocycles. The van der Waals surface area contributed by atoms with Crippen molar-refractivity contribution in [2.75, 3.05) is 75.0 Å². The standard InChI is InChI=1S/3C15H15F3N2O4/c3*16-15(17,18)12(23)20-6-5-14(24)9-3-1-2-4-10(9)19-11(22)13(14,7-20)8-21/h3*1-4,21,24H,5-8H2,(H,19,22)/t3*13-,14+/m100/s1. The van der Waals surface area contributed by atoms with E-state index in [0.29, 0.717) is 48.5 Å². The Kier molecular flexibility index (Phi) is 13.6. The number of carbonyl (C=O) groups excluding carboxylic acids is 6. The van der Waals surface area contributed by atoms with Gasteiger partial charge in [0.15, 0.2) is 0 Å². The summed E-state index contributed by atoms with van der Waals surface area (Å²) >= 11 is 0. The number of benzene rings is 3. The SMILES string of the molecule is O=C(N1CC[C@@]2(O)c3ccccc3NC(=O)[C@@]2(CO)C1)C(F)(F)F.O=C(N1CC[C@@]2(O)c3ccccc3NC(=O)[C@@]2(CO)C1)C(F)(F)F.O=C(N1CC[C@]2(O)c3ccccc3NC(=O)[C@]2(CO)C1)C(F)(F)F. The number of alkyl halides is 9. The number of nitrogens with one attached hydrogen (secondary N) is 3. The molecule has 6 heterocycles.